The van der Waals surface area contributed by atoms with Gasteiger partial charge in [0.25, 0.3) is 0 Å². The predicted molar refractivity (Wildman–Crippen MR) is 111 cm³/mol. The number of rotatable bonds is 13. The molecule has 0 fully saturated rings. The molecule has 0 aromatic heterocycles. The largest absolute Gasteiger partial charge is 0.467 e. The Morgan fingerprint density at radius 3 is 2.11 bits per heavy atom. The van der Waals surface area contributed by atoms with E-state index in [4.69, 9.17) is 28.4 Å². The van der Waals surface area contributed by atoms with E-state index in [0.29, 0.717) is 37.7 Å². The van der Waals surface area contributed by atoms with Gasteiger partial charge in [0.15, 0.2) is 13.6 Å². The Morgan fingerprint density at radius 2 is 1.46 bits per heavy atom. The van der Waals surface area contributed by atoms with Crippen molar-refractivity contribution in [2.45, 2.75) is 6.42 Å². The summed E-state index contributed by atoms with van der Waals surface area (Å²) in [5, 5.41) is 0. The van der Waals surface area contributed by atoms with E-state index in [9.17, 15) is 0 Å². The van der Waals surface area contributed by atoms with E-state index < -0.39 is 0 Å². The van der Waals surface area contributed by atoms with Crippen LogP contribution < -0.4 is 9.47 Å². The molecule has 6 nitrogen and oxygen atoms in total. The summed E-state index contributed by atoms with van der Waals surface area (Å²) in [6, 6.07) is 11.9. The fraction of sp³-hybridized carbons (Fsp3) is 0.429. The summed E-state index contributed by atoms with van der Waals surface area (Å²) >= 11 is 3.70. The first-order valence-electron chi connectivity index (χ1n) is 8.93. The molecule has 0 aliphatic rings. The maximum absolute atomic E-state index is 5.88. The van der Waals surface area contributed by atoms with Gasteiger partial charge < -0.3 is 28.4 Å². The molecule has 28 heavy (non-hydrogen) atoms. The minimum absolute atomic E-state index is 0.134. The van der Waals surface area contributed by atoms with Crippen molar-refractivity contribution >= 4 is 15.9 Å². The van der Waals surface area contributed by atoms with Crippen LogP contribution in [0, 0.1) is 0 Å². The zero-order valence-corrected chi connectivity index (χ0v) is 18.1. The molecule has 7 heteroatoms. The van der Waals surface area contributed by atoms with Crippen molar-refractivity contribution in [1.82, 2.24) is 0 Å². The highest BCUT2D eigenvalue weighted by atomic mass is 79.9. The highest BCUT2D eigenvalue weighted by molar-refractivity contribution is 9.10. The summed E-state index contributed by atoms with van der Waals surface area (Å²) in [4.78, 5) is 0. The third-order valence-corrected chi connectivity index (χ3v) is 4.82. The van der Waals surface area contributed by atoms with Crippen LogP contribution in [0.15, 0.2) is 40.9 Å². The van der Waals surface area contributed by atoms with Crippen molar-refractivity contribution in [3.63, 3.8) is 0 Å². The summed E-state index contributed by atoms with van der Waals surface area (Å²) in [7, 11) is 4.83. The molecule has 2 aromatic rings. The molecule has 0 aliphatic heterocycles. The van der Waals surface area contributed by atoms with Crippen LogP contribution in [0.3, 0.4) is 0 Å². The van der Waals surface area contributed by atoms with Gasteiger partial charge in [-0.2, -0.15) is 0 Å². The smallest absolute Gasteiger partial charge is 0.188 e. The Kier molecular flexibility index (Phi) is 10.3. The Morgan fingerprint density at radius 1 is 0.786 bits per heavy atom. The van der Waals surface area contributed by atoms with Crippen molar-refractivity contribution in [3.05, 3.63) is 46.4 Å². The van der Waals surface area contributed by atoms with Gasteiger partial charge >= 0.3 is 0 Å². The van der Waals surface area contributed by atoms with E-state index in [2.05, 4.69) is 15.9 Å². The van der Waals surface area contributed by atoms with Crippen molar-refractivity contribution in [2.24, 2.45) is 0 Å². The van der Waals surface area contributed by atoms with Crippen LogP contribution in [-0.2, 0) is 25.4 Å². The lowest BCUT2D eigenvalue weighted by molar-refractivity contribution is 0.0457. The third-order valence-electron chi connectivity index (χ3n) is 3.95. The molecule has 0 radical (unpaired) electrons. The Labute approximate surface area is 174 Å². The molecular formula is C21H27BrO6. The molecule has 2 rings (SSSR count). The van der Waals surface area contributed by atoms with E-state index in [1.54, 1.807) is 21.3 Å². The lowest BCUT2D eigenvalue weighted by atomic mass is 9.96. The summed E-state index contributed by atoms with van der Waals surface area (Å²) in [5.41, 5.74) is 3.05. The maximum Gasteiger partial charge on any atom is 0.188 e. The highest BCUT2D eigenvalue weighted by Crippen LogP contribution is 2.43. The molecule has 2 aromatic carbocycles. The average Bonchev–Trinajstić information content (AvgIpc) is 2.73. The van der Waals surface area contributed by atoms with Crippen LogP contribution in [0.1, 0.15) is 5.56 Å². The summed E-state index contributed by atoms with van der Waals surface area (Å²) < 4.78 is 33.4. The van der Waals surface area contributed by atoms with Crippen LogP contribution in [-0.4, -0.2) is 54.7 Å². The van der Waals surface area contributed by atoms with Crippen LogP contribution in [0.5, 0.6) is 11.5 Å². The summed E-state index contributed by atoms with van der Waals surface area (Å²) in [5.74, 6) is 1.31. The van der Waals surface area contributed by atoms with Crippen LogP contribution in [0.4, 0.5) is 0 Å². The van der Waals surface area contributed by atoms with Crippen molar-refractivity contribution in [3.8, 4) is 22.6 Å². The van der Waals surface area contributed by atoms with Crippen LogP contribution in [0.25, 0.3) is 11.1 Å². The molecule has 0 saturated carbocycles. The van der Waals surface area contributed by atoms with Gasteiger partial charge in [-0.15, -0.1) is 0 Å². The molecule has 0 spiro atoms. The first-order valence-corrected chi connectivity index (χ1v) is 9.73. The molecule has 0 saturated heterocycles. The van der Waals surface area contributed by atoms with Gasteiger partial charge in [-0.05, 0) is 33.5 Å². The van der Waals surface area contributed by atoms with Gasteiger partial charge in [0.2, 0.25) is 0 Å². The molecule has 154 valence electrons. The second-order valence-corrected chi connectivity index (χ2v) is 6.66. The topological polar surface area (TPSA) is 55.4 Å². The standard InChI is InChI=1S/C21H27BrO6/c1-23-11-12-26-10-9-17-20(16-7-5-4-6-8-16)18(27-14-24-2)13-19(21(17)22)28-15-25-3/h4-8,13H,9-12,14-15H2,1-3H3. The molecule has 0 heterocycles. The molecule has 0 unspecified atom stereocenters. The molecule has 0 amide bonds. The average molecular weight is 455 g/mol. The summed E-state index contributed by atoms with van der Waals surface area (Å²) in [6.45, 7) is 1.92. The normalized spacial score (nSPS) is 10.9. The number of benzene rings is 2. The Bertz CT molecular complexity index is 708. The predicted octanol–water partition coefficient (Wildman–Crippen LogP) is 4.29. The lowest BCUT2D eigenvalue weighted by Gasteiger charge is -2.20. The lowest BCUT2D eigenvalue weighted by Crippen LogP contribution is -2.09. The van der Waals surface area contributed by atoms with Gasteiger partial charge in [-0.3, -0.25) is 0 Å². The quantitative estimate of drug-likeness (QED) is 0.332. The molecule has 0 atom stereocenters. The van der Waals surface area contributed by atoms with Crippen molar-refractivity contribution in [1.29, 1.82) is 0 Å². The summed E-state index contributed by atoms with van der Waals surface area (Å²) in [6.07, 6.45) is 0.669. The van der Waals surface area contributed by atoms with Crippen molar-refractivity contribution < 1.29 is 28.4 Å². The Hall–Kier alpha value is -1.64. The van der Waals surface area contributed by atoms with E-state index in [-0.39, 0.29) is 13.6 Å². The molecule has 0 aliphatic carbocycles. The fourth-order valence-electron chi connectivity index (χ4n) is 2.70. The molecule has 0 N–H and O–H groups in total. The first kappa shape index (κ1) is 22.6. The number of halogens is 1. The zero-order valence-electron chi connectivity index (χ0n) is 16.5. The first-order chi connectivity index (χ1) is 13.7. The van der Waals surface area contributed by atoms with Gasteiger partial charge in [0, 0.05) is 33.0 Å². The van der Waals surface area contributed by atoms with Gasteiger partial charge in [-0.25, -0.2) is 0 Å². The minimum atomic E-state index is 0.134. The van der Waals surface area contributed by atoms with E-state index >= 15 is 0 Å². The number of hydrogen-bond donors (Lipinski definition) is 0. The molecular weight excluding hydrogens is 428 g/mol. The van der Waals surface area contributed by atoms with Gasteiger partial charge in [0.05, 0.1) is 24.3 Å². The number of hydrogen-bond acceptors (Lipinski definition) is 6. The fourth-order valence-corrected chi connectivity index (χ4v) is 3.33. The van der Waals surface area contributed by atoms with Gasteiger partial charge in [-0.1, -0.05) is 30.3 Å². The highest BCUT2D eigenvalue weighted by Gasteiger charge is 2.20. The van der Waals surface area contributed by atoms with Gasteiger partial charge in [0.1, 0.15) is 11.5 Å². The number of ether oxygens (including phenoxy) is 6. The SMILES string of the molecule is COCCOCCc1c(Br)c(OCOC)cc(OCOC)c1-c1ccccc1. The van der Waals surface area contributed by atoms with E-state index in [1.165, 1.54) is 0 Å². The maximum atomic E-state index is 5.88. The monoisotopic (exact) mass is 454 g/mol. The Balaban J connectivity index is 2.45. The zero-order chi connectivity index (χ0) is 20.2. The number of methoxy groups -OCH3 is 3. The second-order valence-electron chi connectivity index (χ2n) is 5.86. The van der Waals surface area contributed by atoms with Crippen LogP contribution in [0.2, 0.25) is 0 Å². The third kappa shape index (κ3) is 6.46. The van der Waals surface area contributed by atoms with Crippen LogP contribution >= 0.6 is 15.9 Å². The van der Waals surface area contributed by atoms with E-state index in [1.807, 2.05) is 36.4 Å². The van der Waals surface area contributed by atoms with Crippen molar-refractivity contribution in [2.75, 3.05) is 54.7 Å². The minimum Gasteiger partial charge on any atom is -0.467 e. The van der Waals surface area contributed by atoms with E-state index in [0.717, 1.165) is 21.2 Å². The molecule has 0 bridgehead atoms. The second kappa shape index (κ2) is 12.7.